The van der Waals surface area contributed by atoms with Gasteiger partial charge < -0.3 is 9.30 Å². The summed E-state index contributed by atoms with van der Waals surface area (Å²) < 4.78 is 9.29. The number of imidazole rings is 1. The zero-order valence-corrected chi connectivity index (χ0v) is 14.0. The predicted molar refractivity (Wildman–Crippen MR) is 87.7 cm³/mol. The van der Waals surface area contributed by atoms with Crippen LogP contribution in [0.1, 0.15) is 32.1 Å². The van der Waals surface area contributed by atoms with Crippen molar-refractivity contribution in [3.63, 3.8) is 0 Å². The van der Waals surface area contributed by atoms with Crippen molar-refractivity contribution in [3.05, 3.63) is 27.2 Å². The molecule has 2 heterocycles. The highest BCUT2D eigenvalue weighted by atomic mass is 16.5. The monoisotopic (exact) mass is 334 g/mol. The Balaban J connectivity index is 1.69. The fourth-order valence-electron chi connectivity index (χ4n) is 3.33. The summed E-state index contributed by atoms with van der Waals surface area (Å²) in [5.74, 6) is 0.264. The number of aromatic nitrogens is 4. The Labute approximate surface area is 138 Å². The molecule has 0 aliphatic heterocycles. The lowest BCUT2D eigenvalue weighted by atomic mass is 10.1. The van der Waals surface area contributed by atoms with E-state index >= 15 is 0 Å². The van der Waals surface area contributed by atoms with Crippen molar-refractivity contribution in [1.29, 1.82) is 0 Å². The van der Waals surface area contributed by atoms with Gasteiger partial charge in [0.1, 0.15) is 6.61 Å². The first kappa shape index (κ1) is 16.5. The molecule has 0 unspecified atom stereocenters. The van der Waals surface area contributed by atoms with Gasteiger partial charge in [-0.05, 0) is 18.8 Å². The van der Waals surface area contributed by atoms with Crippen molar-refractivity contribution in [2.24, 2.45) is 20.0 Å². The fourth-order valence-corrected chi connectivity index (χ4v) is 3.33. The largest absolute Gasteiger partial charge is 0.464 e. The number of aryl methyl sites for hydroxylation is 1. The second kappa shape index (κ2) is 6.62. The molecule has 1 fully saturated rings. The van der Waals surface area contributed by atoms with E-state index in [0.717, 1.165) is 17.4 Å². The predicted octanol–water partition coefficient (Wildman–Crippen LogP) is 0.557. The Kier molecular flexibility index (Phi) is 4.55. The molecule has 0 atom stereocenters. The van der Waals surface area contributed by atoms with Crippen LogP contribution >= 0.6 is 0 Å². The summed E-state index contributed by atoms with van der Waals surface area (Å²) in [6, 6.07) is 0. The Hall–Kier alpha value is -2.38. The standard InChI is InChI=1S/C16H22N4O4/c1-18-14-13(15(22)19(2)16(18)23)20(10-17-14)7-8-24-12(21)9-11-5-3-4-6-11/h10-11H,3-9H2,1-2H3. The number of esters is 1. The molecule has 1 saturated carbocycles. The maximum atomic E-state index is 12.3. The van der Waals surface area contributed by atoms with E-state index < -0.39 is 11.2 Å². The van der Waals surface area contributed by atoms with Gasteiger partial charge in [0.05, 0.1) is 12.9 Å². The van der Waals surface area contributed by atoms with Gasteiger partial charge in [0.25, 0.3) is 5.56 Å². The van der Waals surface area contributed by atoms with Crippen LogP contribution in [0.4, 0.5) is 0 Å². The zero-order chi connectivity index (χ0) is 17.3. The van der Waals surface area contributed by atoms with Gasteiger partial charge in [-0.3, -0.25) is 18.7 Å². The van der Waals surface area contributed by atoms with E-state index in [0.29, 0.717) is 30.0 Å². The van der Waals surface area contributed by atoms with Crippen LogP contribution in [0.5, 0.6) is 0 Å². The number of nitrogens with zero attached hydrogens (tertiary/aromatic N) is 4. The summed E-state index contributed by atoms with van der Waals surface area (Å²) in [5.41, 5.74) is -0.143. The summed E-state index contributed by atoms with van der Waals surface area (Å²) in [6.07, 6.45) is 6.57. The van der Waals surface area contributed by atoms with E-state index in [4.69, 9.17) is 4.74 Å². The molecular weight excluding hydrogens is 312 g/mol. The van der Waals surface area contributed by atoms with Crippen LogP contribution in [0, 0.1) is 5.92 Å². The van der Waals surface area contributed by atoms with Crippen molar-refractivity contribution in [2.45, 2.75) is 38.6 Å². The highest BCUT2D eigenvalue weighted by Crippen LogP contribution is 2.27. The van der Waals surface area contributed by atoms with E-state index in [1.165, 1.54) is 30.8 Å². The molecular formula is C16H22N4O4. The van der Waals surface area contributed by atoms with Crippen molar-refractivity contribution in [2.75, 3.05) is 6.61 Å². The van der Waals surface area contributed by atoms with Crippen molar-refractivity contribution in [1.82, 2.24) is 18.7 Å². The molecule has 0 amide bonds. The minimum absolute atomic E-state index is 0.184. The highest BCUT2D eigenvalue weighted by Gasteiger charge is 2.19. The summed E-state index contributed by atoms with van der Waals surface area (Å²) in [4.78, 5) is 40.2. The molecule has 8 nitrogen and oxygen atoms in total. The van der Waals surface area contributed by atoms with Gasteiger partial charge in [-0.25, -0.2) is 9.78 Å². The highest BCUT2D eigenvalue weighted by molar-refractivity contribution is 5.70. The lowest BCUT2D eigenvalue weighted by Crippen LogP contribution is -2.37. The number of rotatable bonds is 5. The molecule has 1 aliphatic carbocycles. The third kappa shape index (κ3) is 3.00. The first-order valence-electron chi connectivity index (χ1n) is 8.25. The molecule has 0 N–H and O–H groups in total. The zero-order valence-electron chi connectivity index (χ0n) is 14.0. The Bertz CT molecular complexity index is 871. The second-order valence-electron chi connectivity index (χ2n) is 6.39. The van der Waals surface area contributed by atoms with E-state index in [2.05, 4.69) is 4.98 Å². The quantitative estimate of drug-likeness (QED) is 0.746. The average Bonchev–Trinajstić information content (AvgIpc) is 3.20. The molecule has 24 heavy (non-hydrogen) atoms. The maximum Gasteiger partial charge on any atom is 0.332 e. The van der Waals surface area contributed by atoms with Gasteiger partial charge in [-0.15, -0.1) is 0 Å². The SMILES string of the molecule is Cn1c(=O)c2c(ncn2CCOC(=O)CC2CCCC2)n(C)c1=O. The van der Waals surface area contributed by atoms with Crippen LogP contribution in [0.3, 0.4) is 0 Å². The third-order valence-corrected chi connectivity index (χ3v) is 4.74. The van der Waals surface area contributed by atoms with E-state index in [9.17, 15) is 14.4 Å². The number of ether oxygens (including phenoxy) is 1. The number of hydrogen-bond acceptors (Lipinski definition) is 5. The molecule has 0 aromatic carbocycles. The second-order valence-corrected chi connectivity index (χ2v) is 6.39. The summed E-state index contributed by atoms with van der Waals surface area (Å²) >= 11 is 0. The Morgan fingerprint density at radius 3 is 2.67 bits per heavy atom. The van der Waals surface area contributed by atoms with Crippen molar-refractivity contribution in [3.8, 4) is 0 Å². The van der Waals surface area contributed by atoms with E-state index in [1.807, 2.05) is 0 Å². The van der Waals surface area contributed by atoms with Crippen molar-refractivity contribution >= 4 is 17.1 Å². The molecule has 0 bridgehead atoms. The van der Waals surface area contributed by atoms with Crippen LogP contribution < -0.4 is 11.2 Å². The van der Waals surface area contributed by atoms with Gasteiger partial charge in [0, 0.05) is 20.5 Å². The number of hydrogen-bond donors (Lipinski definition) is 0. The molecule has 2 aromatic heterocycles. The van der Waals surface area contributed by atoms with Crippen molar-refractivity contribution < 1.29 is 9.53 Å². The molecule has 8 heteroatoms. The maximum absolute atomic E-state index is 12.3. The average molecular weight is 334 g/mol. The minimum atomic E-state index is -0.416. The van der Waals surface area contributed by atoms with Crippen LogP contribution in [-0.4, -0.2) is 31.3 Å². The summed E-state index contributed by atoms with van der Waals surface area (Å²) in [5, 5.41) is 0. The third-order valence-electron chi connectivity index (χ3n) is 4.74. The van der Waals surface area contributed by atoms with Gasteiger partial charge in [0.2, 0.25) is 0 Å². The van der Waals surface area contributed by atoms with Gasteiger partial charge in [0.15, 0.2) is 11.2 Å². The van der Waals surface area contributed by atoms with Gasteiger partial charge in [-0.2, -0.15) is 0 Å². The molecule has 0 saturated heterocycles. The van der Waals surface area contributed by atoms with Crippen LogP contribution in [0.25, 0.3) is 11.2 Å². The van der Waals surface area contributed by atoms with Crippen LogP contribution in [-0.2, 0) is 30.2 Å². The molecule has 3 rings (SSSR count). The molecule has 0 radical (unpaired) electrons. The first-order valence-corrected chi connectivity index (χ1v) is 8.25. The molecule has 130 valence electrons. The van der Waals surface area contributed by atoms with Gasteiger partial charge in [-0.1, -0.05) is 12.8 Å². The topological polar surface area (TPSA) is 88.1 Å². The smallest absolute Gasteiger partial charge is 0.332 e. The Morgan fingerprint density at radius 2 is 1.96 bits per heavy atom. The molecule has 2 aromatic rings. The normalized spacial score (nSPS) is 15.2. The summed E-state index contributed by atoms with van der Waals surface area (Å²) in [7, 11) is 3.01. The Morgan fingerprint density at radius 1 is 1.25 bits per heavy atom. The van der Waals surface area contributed by atoms with E-state index in [-0.39, 0.29) is 12.6 Å². The van der Waals surface area contributed by atoms with Crippen LogP contribution in [0.2, 0.25) is 0 Å². The van der Waals surface area contributed by atoms with Crippen LogP contribution in [0.15, 0.2) is 15.9 Å². The number of carbonyl (C=O) groups excluding carboxylic acids is 1. The summed E-state index contributed by atoms with van der Waals surface area (Å²) in [6.45, 7) is 0.517. The minimum Gasteiger partial charge on any atom is -0.464 e. The lowest BCUT2D eigenvalue weighted by molar-refractivity contribution is -0.145. The number of fused-ring (bicyclic) bond motifs is 1. The molecule has 0 spiro atoms. The van der Waals surface area contributed by atoms with E-state index in [1.54, 1.807) is 11.6 Å². The lowest BCUT2D eigenvalue weighted by Gasteiger charge is -2.10. The fraction of sp³-hybridized carbons (Fsp3) is 0.625. The van der Waals surface area contributed by atoms with Gasteiger partial charge >= 0.3 is 11.7 Å². The first-order chi connectivity index (χ1) is 11.5. The number of carbonyl (C=O) groups is 1. The molecule has 1 aliphatic rings.